The first-order valence-electron chi connectivity index (χ1n) is 7.57. The first-order chi connectivity index (χ1) is 12.1. The van der Waals surface area contributed by atoms with Crippen molar-refractivity contribution in [2.45, 2.75) is 0 Å². The lowest BCUT2D eigenvalue weighted by molar-refractivity contribution is 0.0995. The molecule has 7 heteroatoms. The highest BCUT2D eigenvalue weighted by Crippen LogP contribution is 2.24. The second-order valence-electron chi connectivity index (χ2n) is 5.50. The van der Waals surface area contributed by atoms with E-state index in [2.05, 4.69) is 15.3 Å². The number of nitrogens with zero attached hydrogens (tertiary/aromatic N) is 3. The molecule has 0 bridgehead atoms. The number of H-pyrrole nitrogens is 1. The number of benzene rings is 2. The average molecular weight is 331 g/mol. The van der Waals surface area contributed by atoms with E-state index in [1.54, 1.807) is 23.0 Å². The maximum atomic E-state index is 11.9. The molecule has 0 aliphatic heterocycles. The molecular formula is C18H13N5O2. The number of rotatable bonds is 3. The number of aromatic amines is 1. The molecule has 0 atom stereocenters. The monoisotopic (exact) mass is 331 g/mol. The van der Waals surface area contributed by atoms with Gasteiger partial charge < -0.3 is 5.73 Å². The van der Waals surface area contributed by atoms with E-state index in [-0.39, 0.29) is 11.3 Å². The minimum Gasteiger partial charge on any atom is -0.364 e. The van der Waals surface area contributed by atoms with Gasteiger partial charge in [-0.3, -0.25) is 9.59 Å². The van der Waals surface area contributed by atoms with Crippen molar-refractivity contribution in [1.29, 1.82) is 0 Å². The SMILES string of the molecule is NC(=O)c1ccn(-c2ccc(-c3n[nH]c(=O)c4ccccc34)cc2)n1. The lowest BCUT2D eigenvalue weighted by Gasteiger charge is -2.06. The Morgan fingerprint density at radius 1 is 1.00 bits per heavy atom. The summed E-state index contributed by atoms with van der Waals surface area (Å²) in [5.74, 6) is -0.570. The van der Waals surface area contributed by atoms with Crippen molar-refractivity contribution in [1.82, 2.24) is 20.0 Å². The highest BCUT2D eigenvalue weighted by atomic mass is 16.1. The van der Waals surface area contributed by atoms with E-state index in [4.69, 9.17) is 5.73 Å². The molecule has 25 heavy (non-hydrogen) atoms. The van der Waals surface area contributed by atoms with Crippen molar-refractivity contribution in [2.75, 3.05) is 0 Å². The van der Waals surface area contributed by atoms with Crippen LogP contribution in [0, 0.1) is 0 Å². The van der Waals surface area contributed by atoms with Crippen molar-refractivity contribution in [3.8, 4) is 16.9 Å². The first-order valence-corrected chi connectivity index (χ1v) is 7.57. The van der Waals surface area contributed by atoms with Crippen molar-refractivity contribution in [3.05, 3.63) is 76.8 Å². The Bertz CT molecular complexity index is 1140. The van der Waals surface area contributed by atoms with Crippen LogP contribution in [0.3, 0.4) is 0 Å². The average Bonchev–Trinajstić information content (AvgIpc) is 3.13. The van der Waals surface area contributed by atoms with Gasteiger partial charge in [0.05, 0.1) is 16.8 Å². The normalized spacial score (nSPS) is 10.9. The predicted molar refractivity (Wildman–Crippen MR) is 93.4 cm³/mol. The van der Waals surface area contributed by atoms with Crippen LogP contribution in [0.15, 0.2) is 65.6 Å². The Morgan fingerprint density at radius 2 is 1.72 bits per heavy atom. The number of aromatic nitrogens is 4. The third kappa shape index (κ3) is 2.57. The standard InChI is InChI=1S/C18H13N5O2/c19-17(24)15-9-10-23(22-15)12-7-5-11(6-8-12)16-13-3-1-2-4-14(13)18(25)21-20-16/h1-10H,(H2,19,24)(H,21,25). The minimum absolute atomic E-state index is 0.206. The van der Waals surface area contributed by atoms with Crippen LogP contribution in [0.1, 0.15) is 10.5 Å². The Morgan fingerprint density at radius 3 is 2.40 bits per heavy atom. The van der Waals surface area contributed by atoms with Gasteiger partial charge in [0.1, 0.15) is 5.69 Å². The summed E-state index contributed by atoms with van der Waals surface area (Å²) in [6.07, 6.45) is 1.67. The molecule has 0 fully saturated rings. The summed E-state index contributed by atoms with van der Waals surface area (Å²) in [5.41, 5.74) is 7.54. The quantitative estimate of drug-likeness (QED) is 0.597. The Balaban J connectivity index is 1.77. The number of carbonyl (C=O) groups excluding carboxylic acids is 1. The van der Waals surface area contributed by atoms with E-state index >= 15 is 0 Å². The number of nitrogens with two attached hydrogens (primary N) is 1. The Hall–Kier alpha value is -3.74. The van der Waals surface area contributed by atoms with Crippen LogP contribution < -0.4 is 11.3 Å². The van der Waals surface area contributed by atoms with Gasteiger partial charge in [-0.25, -0.2) is 9.78 Å². The molecular weight excluding hydrogens is 318 g/mol. The van der Waals surface area contributed by atoms with Crippen LogP contribution in [0.25, 0.3) is 27.7 Å². The topological polar surface area (TPSA) is 107 Å². The van der Waals surface area contributed by atoms with Gasteiger partial charge in [0.25, 0.3) is 11.5 Å². The number of nitrogens with one attached hydrogen (secondary N) is 1. The van der Waals surface area contributed by atoms with Crippen molar-refractivity contribution >= 4 is 16.7 Å². The van der Waals surface area contributed by atoms with Gasteiger partial charge in [-0.1, -0.05) is 30.3 Å². The Labute approximate surface area is 141 Å². The molecule has 122 valence electrons. The van der Waals surface area contributed by atoms with E-state index in [0.717, 1.165) is 16.6 Å². The highest BCUT2D eigenvalue weighted by molar-refractivity contribution is 5.93. The number of hydrogen-bond donors (Lipinski definition) is 2. The van der Waals surface area contributed by atoms with Gasteiger partial charge >= 0.3 is 0 Å². The van der Waals surface area contributed by atoms with Crippen LogP contribution in [0.2, 0.25) is 0 Å². The summed E-state index contributed by atoms with van der Waals surface area (Å²) in [6.45, 7) is 0. The zero-order valence-corrected chi connectivity index (χ0v) is 13.0. The van der Waals surface area contributed by atoms with Crippen LogP contribution in [0.5, 0.6) is 0 Å². The maximum Gasteiger partial charge on any atom is 0.272 e. The summed E-state index contributed by atoms with van der Waals surface area (Å²) in [7, 11) is 0. The molecule has 0 radical (unpaired) electrons. The molecule has 2 aromatic heterocycles. The zero-order chi connectivity index (χ0) is 17.4. The smallest absolute Gasteiger partial charge is 0.272 e. The molecule has 0 saturated heterocycles. The third-order valence-electron chi connectivity index (χ3n) is 3.94. The van der Waals surface area contributed by atoms with E-state index in [1.165, 1.54) is 0 Å². The first kappa shape index (κ1) is 14.8. The summed E-state index contributed by atoms with van der Waals surface area (Å²) in [5, 5.41) is 12.2. The van der Waals surface area contributed by atoms with E-state index in [0.29, 0.717) is 11.1 Å². The van der Waals surface area contributed by atoms with E-state index in [9.17, 15) is 9.59 Å². The third-order valence-corrected chi connectivity index (χ3v) is 3.94. The van der Waals surface area contributed by atoms with E-state index < -0.39 is 5.91 Å². The molecule has 3 N–H and O–H groups in total. The van der Waals surface area contributed by atoms with Crippen LogP contribution in [0.4, 0.5) is 0 Å². The molecule has 0 aliphatic carbocycles. The summed E-state index contributed by atoms with van der Waals surface area (Å²) in [4.78, 5) is 23.0. The lowest BCUT2D eigenvalue weighted by atomic mass is 10.0. The molecule has 2 heterocycles. The number of carbonyl (C=O) groups is 1. The highest BCUT2D eigenvalue weighted by Gasteiger charge is 2.09. The predicted octanol–water partition coefficient (Wildman–Crippen LogP) is 1.87. The fraction of sp³-hybridized carbons (Fsp3) is 0. The summed E-state index contributed by atoms with van der Waals surface area (Å²) in [6, 6.07) is 16.4. The van der Waals surface area contributed by atoms with Gasteiger partial charge in [-0.15, -0.1) is 0 Å². The van der Waals surface area contributed by atoms with Crippen LogP contribution in [-0.2, 0) is 0 Å². The second kappa shape index (κ2) is 5.72. The van der Waals surface area contributed by atoms with Crippen molar-refractivity contribution < 1.29 is 4.79 Å². The molecule has 2 aromatic carbocycles. The Kier molecular flexibility index (Phi) is 3.39. The molecule has 4 aromatic rings. The number of hydrogen-bond acceptors (Lipinski definition) is 4. The van der Waals surface area contributed by atoms with Crippen molar-refractivity contribution in [3.63, 3.8) is 0 Å². The number of amides is 1. The van der Waals surface area contributed by atoms with Gasteiger partial charge in [0.2, 0.25) is 0 Å². The minimum atomic E-state index is -0.570. The molecule has 7 nitrogen and oxygen atoms in total. The fourth-order valence-electron chi connectivity index (χ4n) is 2.71. The number of primary amides is 1. The van der Waals surface area contributed by atoms with Gasteiger partial charge in [0, 0.05) is 17.1 Å². The lowest BCUT2D eigenvalue weighted by Crippen LogP contribution is -2.12. The van der Waals surface area contributed by atoms with Crippen LogP contribution >= 0.6 is 0 Å². The van der Waals surface area contributed by atoms with Crippen molar-refractivity contribution in [2.24, 2.45) is 5.73 Å². The van der Waals surface area contributed by atoms with Gasteiger partial charge in [-0.2, -0.15) is 10.2 Å². The summed E-state index contributed by atoms with van der Waals surface area (Å²) < 4.78 is 1.57. The molecule has 1 amide bonds. The number of fused-ring (bicyclic) bond motifs is 1. The molecule has 4 rings (SSSR count). The van der Waals surface area contributed by atoms with Crippen LogP contribution in [-0.4, -0.2) is 25.9 Å². The fourth-order valence-corrected chi connectivity index (χ4v) is 2.71. The molecule has 0 aliphatic rings. The largest absolute Gasteiger partial charge is 0.364 e. The molecule has 0 saturated carbocycles. The maximum absolute atomic E-state index is 11.9. The zero-order valence-electron chi connectivity index (χ0n) is 13.0. The van der Waals surface area contributed by atoms with Gasteiger partial charge in [-0.05, 0) is 24.3 Å². The van der Waals surface area contributed by atoms with E-state index in [1.807, 2.05) is 42.5 Å². The second-order valence-corrected chi connectivity index (χ2v) is 5.50. The molecule has 0 unspecified atom stereocenters. The molecule has 0 spiro atoms. The summed E-state index contributed by atoms with van der Waals surface area (Å²) >= 11 is 0. The van der Waals surface area contributed by atoms with Gasteiger partial charge in [0.15, 0.2) is 0 Å².